The van der Waals surface area contributed by atoms with E-state index in [0.29, 0.717) is 45.1 Å². The van der Waals surface area contributed by atoms with Crippen molar-refractivity contribution in [1.82, 2.24) is 0 Å². The van der Waals surface area contributed by atoms with Crippen LogP contribution in [0.15, 0.2) is 53.5 Å². The normalized spacial score (nSPS) is 15.2. The molecule has 0 bridgehead atoms. The van der Waals surface area contributed by atoms with E-state index in [1.165, 1.54) is 4.88 Å². The second-order valence-corrected chi connectivity index (χ2v) is 11.9. The first-order chi connectivity index (χ1) is 18.2. The Balaban J connectivity index is 1.65. The van der Waals surface area contributed by atoms with Gasteiger partial charge in [-0.2, -0.15) is 0 Å². The molecule has 200 valence electrons. The number of fused-ring (bicyclic) bond motifs is 1. The molecule has 0 aliphatic heterocycles. The number of hydrogen-bond acceptors (Lipinski definition) is 6. The number of carbonyl (C=O) groups excluding carboxylic acids is 2. The molecule has 1 heterocycles. The molecular weight excluding hydrogens is 520 g/mol. The Morgan fingerprint density at radius 1 is 1.16 bits per heavy atom. The quantitative estimate of drug-likeness (QED) is 0.232. The number of thiophene rings is 1. The van der Waals surface area contributed by atoms with E-state index in [4.69, 9.17) is 26.1 Å². The van der Waals surface area contributed by atoms with Crippen LogP contribution < -0.4 is 10.1 Å². The summed E-state index contributed by atoms with van der Waals surface area (Å²) in [6.45, 7) is 8.69. The van der Waals surface area contributed by atoms with Crippen molar-refractivity contribution in [1.29, 1.82) is 0 Å². The van der Waals surface area contributed by atoms with Crippen molar-refractivity contribution >= 4 is 51.7 Å². The molecule has 0 spiro atoms. The minimum atomic E-state index is -0.431. The minimum Gasteiger partial charge on any atom is -0.481 e. The number of aliphatic imine (C=N–C) groups is 1. The molecule has 38 heavy (non-hydrogen) atoms. The maximum Gasteiger partial charge on any atom is 0.344 e. The van der Waals surface area contributed by atoms with E-state index in [2.05, 4.69) is 26.1 Å². The predicted molar refractivity (Wildman–Crippen MR) is 155 cm³/mol. The van der Waals surface area contributed by atoms with Gasteiger partial charge in [-0.05, 0) is 79.5 Å². The Hall–Kier alpha value is -3.16. The van der Waals surface area contributed by atoms with Crippen molar-refractivity contribution in [3.05, 3.63) is 75.1 Å². The molecule has 1 aliphatic rings. The zero-order valence-corrected chi connectivity index (χ0v) is 23.7. The van der Waals surface area contributed by atoms with Crippen LogP contribution in [0.2, 0.25) is 5.02 Å². The van der Waals surface area contributed by atoms with Crippen LogP contribution in [-0.2, 0) is 22.4 Å². The van der Waals surface area contributed by atoms with Crippen molar-refractivity contribution in [2.75, 3.05) is 18.5 Å². The summed E-state index contributed by atoms with van der Waals surface area (Å²) in [4.78, 5) is 31.3. The molecule has 0 saturated carbocycles. The van der Waals surface area contributed by atoms with Crippen LogP contribution in [0.1, 0.15) is 60.5 Å². The Labute approximate surface area is 233 Å². The molecular formula is C30H33ClN2O4S. The Kier molecular flexibility index (Phi) is 8.90. The van der Waals surface area contributed by atoms with Gasteiger partial charge in [0.1, 0.15) is 10.8 Å². The van der Waals surface area contributed by atoms with Gasteiger partial charge < -0.3 is 14.8 Å². The first-order valence-corrected chi connectivity index (χ1v) is 14.0. The molecule has 1 N–H and O–H groups in total. The van der Waals surface area contributed by atoms with Gasteiger partial charge in [-0.1, -0.05) is 44.5 Å². The number of nitrogens with zero attached hydrogens (tertiary/aromatic N) is 1. The van der Waals surface area contributed by atoms with Crippen molar-refractivity contribution in [3.8, 4) is 5.75 Å². The first kappa shape index (κ1) is 27.9. The fraction of sp³-hybridized carbons (Fsp3) is 0.367. The highest BCUT2D eigenvalue weighted by molar-refractivity contribution is 7.16. The Morgan fingerprint density at radius 2 is 1.89 bits per heavy atom. The molecule has 0 saturated heterocycles. The molecule has 3 aromatic rings. The Morgan fingerprint density at radius 3 is 2.61 bits per heavy atom. The molecule has 6 nitrogen and oxygen atoms in total. The van der Waals surface area contributed by atoms with E-state index < -0.39 is 5.97 Å². The highest BCUT2D eigenvalue weighted by Gasteiger charge is 2.33. The van der Waals surface area contributed by atoms with Gasteiger partial charge >= 0.3 is 5.97 Å². The molecule has 0 unspecified atom stereocenters. The fourth-order valence-electron chi connectivity index (χ4n) is 4.55. The van der Waals surface area contributed by atoms with Gasteiger partial charge in [-0.25, -0.2) is 9.79 Å². The minimum absolute atomic E-state index is 0.182. The number of rotatable bonds is 8. The first-order valence-electron chi connectivity index (χ1n) is 12.8. The van der Waals surface area contributed by atoms with Crippen LogP contribution in [0, 0.1) is 11.3 Å². The monoisotopic (exact) mass is 552 g/mol. The molecule has 8 heteroatoms. The summed E-state index contributed by atoms with van der Waals surface area (Å²) in [7, 11) is 0. The van der Waals surface area contributed by atoms with Crippen LogP contribution in [0.5, 0.6) is 5.75 Å². The summed E-state index contributed by atoms with van der Waals surface area (Å²) in [6, 6.07) is 14.4. The van der Waals surface area contributed by atoms with Crippen molar-refractivity contribution in [3.63, 3.8) is 0 Å². The molecule has 4 rings (SSSR count). The number of anilines is 1. The van der Waals surface area contributed by atoms with Crippen LogP contribution in [0.4, 0.5) is 10.7 Å². The molecule has 1 aromatic heterocycles. The maximum atomic E-state index is 13.6. The summed E-state index contributed by atoms with van der Waals surface area (Å²) in [5, 5.41) is 4.29. The lowest BCUT2D eigenvalue weighted by Crippen LogP contribution is -2.27. The van der Waals surface area contributed by atoms with Gasteiger partial charge in [0.2, 0.25) is 0 Å². The topological polar surface area (TPSA) is 77.0 Å². The summed E-state index contributed by atoms with van der Waals surface area (Å²) in [6.07, 6.45) is 4.49. The lowest BCUT2D eigenvalue weighted by molar-refractivity contribution is -0.145. The summed E-state index contributed by atoms with van der Waals surface area (Å²) in [5.74, 6) is 0.443. The number of hydrogen-bond donors (Lipinski definition) is 1. The van der Waals surface area contributed by atoms with E-state index >= 15 is 0 Å². The SMILES string of the molecule is CCOC(=O)COc1ccccc1C=Nc1sc2c(c1C(=O)Nc1ccc(Cl)cc1)CC[C@H](C(C)(C)C)C2. The second-order valence-electron chi connectivity index (χ2n) is 10.3. The van der Waals surface area contributed by atoms with Crippen LogP contribution in [-0.4, -0.2) is 31.3 Å². The third-order valence-corrected chi connectivity index (χ3v) is 8.11. The van der Waals surface area contributed by atoms with E-state index in [1.807, 2.05) is 18.2 Å². The zero-order valence-electron chi connectivity index (χ0n) is 22.2. The standard InChI is InChI=1S/C30H33ClN2O4S/c1-5-36-26(34)18-37-24-9-7-6-8-19(24)17-32-29-27(28(35)33-22-13-11-21(31)12-14-22)23-15-10-20(30(2,3)4)16-25(23)38-29/h6-9,11-14,17,20H,5,10,15-16,18H2,1-4H3,(H,33,35)/t20-/m0/s1. The van der Waals surface area contributed by atoms with Crippen molar-refractivity contribution < 1.29 is 19.1 Å². The average molecular weight is 553 g/mol. The van der Waals surface area contributed by atoms with Crippen LogP contribution >= 0.6 is 22.9 Å². The number of amides is 1. The third-order valence-electron chi connectivity index (χ3n) is 6.69. The van der Waals surface area contributed by atoms with Gasteiger partial charge in [0.05, 0.1) is 12.2 Å². The number of benzene rings is 2. The lowest BCUT2D eigenvalue weighted by atomic mass is 9.72. The lowest BCUT2D eigenvalue weighted by Gasteiger charge is -2.33. The zero-order chi connectivity index (χ0) is 27.3. The van der Waals surface area contributed by atoms with E-state index in [0.717, 1.165) is 24.8 Å². The van der Waals surface area contributed by atoms with E-state index in [9.17, 15) is 9.59 Å². The summed E-state index contributed by atoms with van der Waals surface area (Å²) in [5.41, 5.74) is 3.27. The Bertz CT molecular complexity index is 1330. The molecule has 0 fully saturated rings. The highest BCUT2D eigenvalue weighted by atomic mass is 35.5. The maximum absolute atomic E-state index is 13.6. The van der Waals surface area contributed by atoms with Gasteiger partial charge in [0, 0.05) is 27.4 Å². The van der Waals surface area contributed by atoms with E-state index in [1.54, 1.807) is 54.8 Å². The van der Waals surface area contributed by atoms with Crippen LogP contribution in [0.3, 0.4) is 0 Å². The average Bonchev–Trinajstić information content (AvgIpc) is 3.25. The van der Waals surface area contributed by atoms with Gasteiger partial charge in [0.15, 0.2) is 6.61 Å². The van der Waals surface area contributed by atoms with Gasteiger partial charge in [-0.3, -0.25) is 4.79 Å². The fourth-order valence-corrected chi connectivity index (χ4v) is 5.94. The van der Waals surface area contributed by atoms with E-state index in [-0.39, 0.29) is 17.9 Å². The number of nitrogens with one attached hydrogen (secondary N) is 1. The van der Waals surface area contributed by atoms with Crippen molar-refractivity contribution in [2.45, 2.75) is 47.0 Å². The number of carbonyl (C=O) groups is 2. The molecule has 0 radical (unpaired) electrons. The molecule has 1 amide bonds. The molecule has 2 aromatic carbocycles. The smallest absolute Gasteiger partial charge is 0.344 e. The summed E-state index contributed by atoms with van der Waals surface area (Å²) >= 11 is 7.60. The largest absolute Gasteiger partial charge is 0.481 e. The number of para-hydroxylation sites is 1. The second kappa shape index (κ2) is 12.1. The van der Waals surface area contributed by atoms with Gasteiger partial charge in [0.25, 0.3) is 5.91 Å². The number of halogens is 1. The predicted octanol–water partition coefficient (Wildman–Crippen LogP) is 7.50. The third kappa shape index (κ3) is 6.83. The van der Waals surface area contributed by atoms with Crippen molar-refractivity contribution in [2.24, 2.45) is 16.3 Å². The molecule has 1 aliphatic carbocycles. The number of esters is 1. The molecule has 1 atom stereocenters. The number of ether oxygens (including phenoxy) is 2. The highest BCUT2D eigenvalue weighted by Crippen LogP contribution is 2.45. The van der Waals surface area contributed by atoms with Crippen LogP contribution in [0.25, 0.3) is 0 Å². The summed E-state index contributed by atoms with van der Waals surface area (Å²) < 4.78 is 10.6. The van der Waals surface area contributed by atoms with Gasteiger partial charge in [-0.15, -0.1) is 11.3 Å².